The van der Waals surface area contributed by atoms with Crippen molar-refractivity contribution in [2.24, 2.45) is 0 Å². The molecule has 1 heterocycles. The van der Waals surface area contributed by atoms with Crippen molar-refractivity contribution in [3.63, 3.8) is 0 Å². The Morgan fingerprint density at radius 1 is 1.53 bits per heavy atom. The Kier molecular flexibility index (Phi) is 3.38. The third kappa shape index (κ3) is 2.44. The molecule has 0 saturated carbocycles. The number of aromatic amines is 1. The van der Waals surface area contributed by atoms with E-state index in [0.717, 1.165) is 17.3 Å². The van der Waals surface area contributed by atoms with Gasteiger partial charge in [-0.2, -0.15) is 0 Å². The fourth-order valence-corrected chi connectivity index (χ4v) is 1.86. The second-order valence-electron chi connectivity index (χ2n) is 4.18. The van der Waals surface area contributed by atoms with Gasteiger partial charge in [-0.15, -0.1) is 0 Å². The van der Waals surface area contributed by atoms with E-state index in [9.17, 15) is 4.79 Å². The second kappa shape index (κ2) is 4.80. The molecule has 0 fully saturated rings. The van der Waals surface area contributed by atoms with E-state index in [4.69, 9.17) is 11.6 Å². The van der Waals surface area contributed by atoms with Crippen molar-refractivity contribution < 1.29 is 4.79 Å². The summed E-state index contributed by atoms with van der Waals surface area (Å²) in [6.45, 7) is 4.03. The van der Waals surface area contributed by atoms with E-state index in [0.29, 0.717) is 10.6 Å². The van der Waals surface area contributed by atoms with Crippen LogP contribution in [0.3, 0.4) is 0 Å². The van der Waals surface area contributed by atoms with Crippen LogP contribution in [0, 0.1) is 0 Å². The Morgan fingerprint density at radius 3 is 3.00 bits per heavy atom. The van der Waals surface area contributed by atoms with E-state index < -0.39 is 0 Å². The van der Waals surface area contributed by atoms with Crippen molar-refractivity contribution in [3.8, 4) is 0 Å². The summed E-state index contributed by atoms with van der Waals surface area (Å²) in [6, 6.07) is 5.65. The van der Waals surface area contributed by atoms with Gasteiger partial charge in [-0.1, -0.05) is 24.6 Å². The molecule has 1 unspecified atom stereocenters. The molecule has 0 aliphatic rings. The van der Waals surface area contributed by atoms with Gasteiger partial charge in [-0.3, -0.25) is 4.79 Å². The fraction of sp³-hybridized carbons (Fsp3) is 0.308. The standard InChI is InChI=1S/C13H15ClN2O/c1-3-8(2)16-13(17)11-7-15-12-6-9(14)4-5-10(11)12/h4-8,15H,3H2,1-2H3,(H,16,17). The number of fused-ring (bicyclic) bond motifs is 1. The van der Waals surface area contributed by atoms with Gasteiger partial charge in [0.25, 0.3) is 5.91 Å². The van der Waals surface area contributed by atoms with Gasteiger partial charge >= 0.3 is 0 Å². The van der Waals surface area contributed by atoms with Crippen LogP contribution in [-0.2, 0) is 0 Å². The molecule has 0 saturated heterocycles. The first-order valence-electron chi connectivity index (χ1n) is 5.69. The van der Waals surface area contributed by atoms with Crippen LogP contribution in [0.15, 0.2) is 24.4 Å². The molecule has 0 radical (unpaired) electrons. The summed E-state index contributed by atoms with van der Waals surface area (Å²) in [7, 11) is 0. The van der Waals surface area contributed by atoms with E-state index in [1.807, 2.05) is 26.0 Å². The molecule has 1 amide bonds. The summed E-state index contributed by atoms with van der Waals surface area (Å²) in [5.74, 6) is -0.0482. The van der Waals surface area contributed by atoms with Crippen molar-refractivity contribution in [2.75, 3.05) is 0 Å². The Hall–Kier alpha value is -1.48. The quantitative estimate of drug-likeness (QED) is 0.862. The van der Waals surface area contributed by atoms with Gasteiger partial charge in [-0.05, 0) is 25.5 Å². The summed E-state index contributed by atoms with van der Waals surface area (Å²) in [5, 5.41) is 4.51. The van der Waals surface area contributed by atoms with Crippen molar-refractivity contribution >= 4 is 28.4 Å². The smallest absolute Gasteiger partial charge is 0.253 e. The largest absolute Gasteiger partial charge is 0.360 e. The lowest BCUT2D eigenvalue weighted by molar-refractivity contribution is 0.0941. The maximum atomic E-state index is 12.0. The number of carbonyl (C=O) groups is 1. The molecular formula is C13H15ClN2O. The molecule has 1 atom stereocenters. The highest BCUT2D eigenvalue weighted by atomic mass is 35.5. The van der Waals surface area contributed by atoms with Gasteiger partial charge in [0.1, 0.15) is 0 Å². The van der Waals surface area contributed by atoms with Gasteiger partial charge in [0.2, 0.25) is 0 Å². The van der Waals surface area contributed by atoms with Crippen LogP contribution in [0.4, 0.5) is 0 Å². The predicted molar refractivity (Wildman–Crippen MR) is 70.5 cm³/mol. The number of rotatable bonds is 3. The molecule has 0 aliphatic heterocycles. The summed E-state index contributed by atoms with van der Waals surface area (Å²) in [4.78, 5) is 15.1. The minimum absolute atomic E-state index is 0.0482. The fourth-order valence-electron chi connectivity index (χ4n) is 1.69. The maximum Gasteiger partial charge on any atom is 0.253 e. The van der Waals surface area contributed by atoms with Gasteiger partial charge in [0.05, 0.1) is 5.56 Å². The highest BCUT2D eigenvalue weighted by Gasteiger charge is 2.13. The first kappa shape index (κ1) is 12.0. The first-order valence-corrected chi connectivity index (χ1v) is 6.07. The van der Waals surface area contributed by atoms with E-state index in [1.165, 1.54) is 0 Å². The van der Waals surface area contributed by atoms with Gasteiger partial charge < -0.3 is 10.3 Å². The number of nitrogens with one attached hydrogen (secondary N) is 2. The van der Waals surface area contributed by atoms with Crippen LogP contribution >= 0.6 is 11.6 Å². The van der Waals surface area contributed by atoms with Gasteiger partial charge in [0.15, 0.2) is 0 Å². The maximum absolute atomic E-state index is 12.0. The van der Waals surface area contributed by atoms with Crippen LogP contribution in [0.25, 0.3) is 10.9 Å². The second-order valence-corrected chi connectivity index (χ2v) is 4.61. The summed E-state index contributed by atoms with van der Waals surface area (Å²) in [5.41, 5.74) is 1.55. The lowest BCUT2D eigenvalue weighted by Crippen LogP contribution is -2.31. The Morgan fingerprint density at radius 2 is 2.29 bits per heavy atom. The highest BCUT2D eigenvalue weighted by molar-refractivity contribution is 6.31. The molecule has 90 valence electrons. The number of benzene rings is 1. The van der Waals surface area contributed by atoms with E-state index in [1.54, 1.807) is 12.3 Å². The Balaban J connectivity index is 2.33. The average Bonchev–Trinajstić information content (AvgIpc) is 2.71. The predicted octanol–water partition coefficient (Wildman–Crippen LogP) is 3.35. The van der Waals surface area contributed by atoms with E-state index >= 15 is 0 Å². The number of carbonyl (C=O) groups excluding carboxylic acids is 1. The normalized spacial score (nSPS) is 12.6. The van der Waals surface area contributed by atoms with Crippen molar-refractivity contribution in [1.82, 2.24) is 10.3 Å². The Bertz CT molecular complexity index is 547. The zero-order chi connectivity index (χ0) is 12.4. The highest BCUT2D eigenvalue weighted by Crippen LogP contribution is 2.22. The number of aromatic nitrogens is 1. The number of amides is 1. The van der Waals surface area contributed by atoms with E-state index in [-0.39, 0.29) is 11.9 Å². The molecule has 1 aromatic carbocycles. The molecule has 17 heavy (non-hydrogen) atoms. The number of H-pyrrole nitrogens is 1. The summed E-state index contributed by atoms with van der Waals surface area (Å²) < 4.78 is 0. The van der Waals surface area contributed by atoms with Gasteiger partial charge in [0, 0.05) is 28.2 Å². The Labute approximate surface area is 105 Å². The third-order valence-corrected chi connectivity index (χ3v) is 3.11. The van der Waals surface area contributed by atoms with E-state index in [2.05, 4.69) is 10.3 Å². The van der Waals surface area contributed by atoms with Crippen LogP contribution in [0.2, 0.25) is 5.02 Å². The molecule has 2 N–H and O–H groups in total. The number of hydrogen-bond acceptors (Lipinski definition) is 1. The number of hydrogen-bond donors (Lipinski definition) is 2. The molecule has 0 bridgehead atoms. The molecule has 0 spiro atoms. The lowest BCUT2D eigenvalue weighted by Gasteiger charge is -2.10. The summed E-state index contributed by atoms with van der Waals surface area (Å²) in [6.07, 6.45) is 2.64. The molecule has 2 rings (SSSR count). The molecular weight excluding hydrogens is 236 g/mol. The zero-order valence-corrected chi connectivity index (χ0v) is 10.6. The zero-order valence-electron chi connectivity index (χ0n) is 9.88. The topological polar surface area (TPSA) is 44.9 Å². The number of halogens is 1. The molecule has 3 nitrogen and oxygen atoms in total. The minimum atomic E-state index is -0.0482. The van der Waals surface area contributed by atoms with Crippen LogP contribution in [-0.4, -0.2) is 16.9 Å². The van der Waals surface area contributed by atoms with Crippen molar-refractivity contribution in [2.45, 2.75) is 26.3 Å². The minimum Gasteiger partial charge on any atom is -0.360 e. The molecule has 2 aromatic rings. The molecule has 0 aliphatic carbocycles. The van der Waals surface area contributed by atoms with Crippen molar-refractivity contribution in [1.29, 1.82) is 0 Å². The van der Waals surface area contributed by atoms with Crippen LogP contribution in [0.5, 0.6) is 0 Å². The van der Waals surface area contributed by atoms with Crippen molar-refractivity contribution in [3.05, 3.63) is 35.0 Å². The van der Waals surface area contributed by atoms with Crippen LogP contribution < -0.4 is 5.32 Å². The summed E-state index contributed by atoms with van der Waals surface area (Å²) >= 11 is 5.89. The monoisotopic (exact) mass is 250 g/mol. The molecule has 1 aromatic heterocycles. The van der Waals surface area contributed by atoms with Gasteiger partial charge in [-0.25, -0.2) is 0 Å². The molecule has 4 heteroatoms. The SMILES string of the molecule is CCC(C)NC(=O)c1c[nH]c2cc(Cl)ccc12. The van der Waals surface area contributed by atoms with Crippen LogP contribution in [0.1, 0.15) is 30.6 Å². The third-order valence-electron chi connectivity index (χ3n) is 2.88. The average molecular weight is 251 g/mol. The lowest BCUT2D eigenvalue weighted by atomic mass is 10.1. The first-order chi connectivity index (χ1) is 8.11.